The Kier molecular flexibility index (Phi) is 3.59. The van der Waals surface area contributed by atoms with Gasteiger partial charge < -0.3 is 4.74 Å². The molecule has 1 rings (SSSR count). The zero-order valence-electron chi connectivity index (χ0n) is 9.93. The highest BCUT2D eigenvalue weighted by atomic mass is 32.2. The summed E-state index contributed by atoms with van der Waals surface area (Å²) in [5.74, 6) is -0.388. The number of carbonyl (C=O) groups excluding carboxylic acids is 1. The third kappa shape index (κ3) is 2.83. The first kappa shape index (κ1) is 13.7. The van der Waals surface area contributed by atoms with Crippen molar-refractivity contribution in [3.05, 3.63) is 29.8 Å². The van der Waals surface area contributed by atoms with Crippen LogP contribution in [0.1, 0.15) is 19.4 Å². The van der Waals surface area contributed by atoms with Gasteiger partial charge in [0.1, 0.15) is 0 Å². The van der Waals surface area contributed by atoms with Crippen LogP contribution < -0.4 is 5.14 Å². The number of benzene rings is 1. The number of esters is 1. The van der Waals surface area contributed by atoms with Gasteiger partial charge in [0.05, 0.1) is 17.4 Å². The Morgan fingerprint density at radius 3 is 2.06 bits per heavy atom. The van der Waals surface area contributed by atoms with Crippen molar-refractivity contribution in [3.8, 4) is 0 Å². The number of carbonyl (C=O) groups is 1. The molecule has 0 heterocycles. The van der Waals surface area contributed by atoms with E-state index in [1.54, 1.807) is 26.0 Å². The molecule has 0 aliphatic carbocycles. The van der Waals surface area contributed by atoms with Crippen molar-refractivity contribution in [2.24, 2.45) is 5.14 Å². The molecule has 0 fully saturated rings. The maximum atomic E-state index is 11.6. The Labute approximate surface area is 101 Å². The second-order valence-corrected chi connectivity index (χ2v) is 5.75. The van der Waals surface area contributed by atoms with Gasteiger partial charge in [0.15, 0.2) is 0 Å². The van der Waals surface area contributed by atoms with E-state index in [2.05, 4.69) is 4.74 Å². The standard InChI is InChI=1S/C11H15NO4S/c1-11(2,10(13)16-3)8-4-6-9(7-5-8)17(12,14)15/h4-7H,1-3H3,(H2,12,14,15). The monoisotopic (exact) mass is 257 g/mol. The molecule has 0 bridgehead atoms. The van der Waals surface area contributed by atoms with Crippen molar-refractivity contribution >= 4 is 16.0 Å². The van der Waals surface area contributed by atoms with E-state index in [1.165, 1.54) is 19.2 Å². The molecule has 0 aliphatic heterocycles. The third-order valence-corrected chi connectivity index (χ3v) is 3.53. The first-order chi connectivity index (χ1) is 7.69. The second kappa shape index (κ2) is 4.46. The van der Waals surface area contributed by atoms with Crippen LogP contribution in [0.3, 0.4) is 0 Å². The van der Waals surface area contributed by atoms with E-state index in [-0.39, 0.29) is 10.9 Å². The van der Waals surface area contributed by atoms with Crippen molar-refractivity contribution in [1.29, 1.82) is 0 Å². The molecule has 0 saturated carbocycles. The smallest absolute Gasteiger partial charge is 0.315 e. The third-order valence-electron chi connectivity index (χ3n) is 2.60. The highest BCUT2D eigenvalue weighted by Gasteiger charge is 2.30. The van der Waals surface area contributed by atoms with Crippen LogP contribution in [0.2, 0.25) is 0 Å². The molecule has 1 aromatic carbocycles. The Bertz CT molecular complexity index is 517. The molecular formula is C11H15NO4S. The number of sulfonamides is 1. The predicted molar refractivity (Wildman–Crippen MR) is 62.9 cm³/mol. The Morgan fingerprint density at radius 2 is 1.71 bits per heavy atom. The fourth-order valence-corrected chi connectivity index (χ4v) is 1.95. The van der Waals surface area contributed by atoms with Crippen molar-refractivity contribution < 1.29 is 17.9 Å². The zero-order valence-corrected chi connectivity index (χ0v) is 10.7. The largest absolute Gasteiger partial charge is 0.468 e. The van der Waals surface area contributed by atoms with E-state index in [1.807, 2.05) is 0 Å². The maximum absolute atomic E-state index is 11.6. The SMILES string of the molecule is COC(=O)C(C)(C)c1ccc(S(N)(=O)=O)cc1. The summed E-state index contributed by atoms with van der Waals surface area (Å²) in [5.41, 5.74) is -0.164. The zero-order chi connectivity index (χ0) is 13.3. The van der Waals surface area contributed by atoms with Gasteiger partial charge >= 0.3 is 5.97 Å². The number of hydrogen-bond acceptors (Lipinski definition) is 4. The van der Waals surface area contributed by atoms with Gasteiger partial charge in [-0.05, 0) is 31.5 Å². The quantitative estimate of drug-likeness (QED) is 0.811. The average molecular weight is 257 g/mol. The van der Waals surface area contributed by atoms with Crippen molar-refractivity contribution in [1.82, 2.24) is 0 Å². The van der Waals surface area contributed by atoms with E-state index >= 15 is 0 Å². The van der Waals surface area contributed by atoms with Gasteiger partial charge in [0, 0.05) is 0 Å². The number of rotatable bonds is 3. The Hall–Kier alpha value is -1.40. The molecule has 0 aliphatic rings. The summed E-state index contributed by atoms with van der Waals surface area (Å²) in [7, 11) is -2.40. The van der Waals surface area contributed by atoms with Crippen LogP contribution in [0.15, 0.2) is 29.2 Å². The average Bonchev–Trinajstić information content (AvgIpc) is 2.27. The maximum Gasteiger partial charge on any atom is 0.315 e. The lowest BCUT2D eigenvalue weighted by atomic mass is 9.85. The normalized spacial score (nSPS) is 12.2. The number of nitrogens with two attached hydrogens (primary N) is 1. The molecule has 0 atom stereocenters. The van der Waals surface area contributed by atoms with Gasteiger partial charge in [-0.3, -0.25) is 4.79 Å². The first-order valence-corrected chi connectivity index (χ1v) is 6.46. The topological polar surface area (TPSA) is 86.5 Å². The lowest BCUT2D eigenvalue weighted by Crippen LogP contribution is -2.30. The van der Waals surface area contributed by atoms with Crippen molar-refractivity contribution in [2.45, 2.75) is 24.2 Å². The van der Waals surface area contributed by atoms with Gasteiger partial charge in [-0.2, -0.15) is 0 Å². The minimum Gasteiger partial charge on any atom is -0.468 e. The lowest BCUT2D eigenvalue weighted by molar-refractivity contribution is -0.146. The van der Waals surface area contributed by atoms with E-state index in [9.17, 15) is 13.2 Å². The van der Waals surface area contributed by atoms with Gasteiger partial charge in [-0.1, -0.05) is 12.1 Å². The molecule has 2 N–H and O–H groups in total. The van der Waals surface area contributed by atoms with Crippen LogP contribution in [0.4, 0.5) is 0 Å². The van der Waals surface area contributed by atoms with Crippen molar-refractivity contribution in [2.75, 3.05) is 7.11 Å². The molecular weight excluding hydrogens is 242 g/mol. The van der Waals surface area contributed by atoms with Crippen LogP contribution in [-0.4, -0.2) is 21.5 Å². The summed E-state index contributed by atoms with van der Waals surface area (Å²) in [6, 6.07) is 5.85. The first-order valence-electron chi connectivity index (χ1n) is 4.91. The molecule has 5 nitrogen and oxygen atoms in total. The van der Waals surface area contributed by atoms with E-state index < -0.39 is 15.4 Å². The van der Waals surface area contributed by atoms with Crippen LogP contribution in [0, 0.1) is 0 Å². The predicted octanol–water partition coefficient (Wildman–Crippen LogP) is 0.785. The molecule has 94 valence electrons. The number of methoxy groups -OCH3 is 1. The Morgan fingerprint density at radius 1 is 1.24 bits per heavy atom. The molecule has 0 spiro atoms. The summed E-state index contributed by atoms with van der Waals surface area (Å²) in [6.45, 7) is 3.40. The highest BCUT2D eigenvalue weighted by molar-refractivity contribution is 7.89. The van der Waals surface area contributed by atoms with E-state index in [0.717, 1.165) is 0 Å². The molecule has 0 amide bonds. The number of hydrogen-bond donors (Lipinski definition) is 1. The van der Waals surface area contributed by atoms with Gasteiger partial charge in [0.25, 0.3) is 0 Å². The van der Waals surface area contributed by atoms with Gasteiger partial charge in [-0.25, -0.2) is 13.6 Å². The Balaban J connectivity index is 3.16. The number of primary sulfonamides is 1. The minimum atomic E-state index is -3.71. The van der Waals surface area contributed by atoms with E-state index in [0.29, 0.717) is 5.56 Å². The highest BCUT2D eigenvalue weighted by Crippen LogP contribution is 2.25. The van der Waals surface area contributed by atoms with Crippen LogP contribution in [-0.2, 0) is 25.0 Å². The van der Waals surface area contributed by atoms with Crippen LogP contribution in [0.5, 0.6) is 0 Å². The molecule has 0 aromatic heterocycles. The van der Waals surface area contributed by atoms with E-state index in [4.69, 9.17) is 5.14 Å². The second-order valence-electron chi connectivity index (χ2n) is 4.19. The molecule has 1 aromatic rings. The fraction of sp³-hybridized carbons (Fsp3) is 0.364. The lowest BCUT2D eigenvalue weighted by Gasteiger charge is -2.21. The summed E-state index contributed by atoms with van der Waals surface area (Å²) in [6.07, 6.45) is 0. The molecule has 17 heavy (non-hydrogen) atoms. The minimum absolute atomic E-state index is 0.0157. The number of ether oxygens (including phenoxy) is 1. The molecule has 6 heteroatoms. The molecule has 0 unspecified atom stereocenters. The van der Waals surface area contributed by atoms with Crippen LogP contribution >= 0.6 is 0 Å². The summed E-state index contributed by atoms with van der Waals surface area (Å²) < 4.78 is 26.8. The van der Waals surface area contributed by atoms with Gasteiger partial charge in [-0.15, -0.1) is 0 Å². The van der Waals surface area contributed by atoms with Crippen molar-refractivity contribution in [3.63, 3.8) is 0 Å². The molecule has 0 saturated heterocycles. The summed E-state index contributed by atoms with van der Waals surface area (Å²) >= 11 is 0. The van der Waals surface area contributed by atoms with Crippen LogP contribution in [0.25, 0.3) is 0 Å². The fourth-order valence-electron chi connectivity index (χ4n) is 1.43. The van der Waals surface area contributed by atoms with Gasteiger partial charge in [0.2, 0.25) is 10.0 Å². The summed E-state index contributed by atoms with van der Waals surface area (Å²) in [5, 5.41) is 4.98. The summed E-state index contributed by atoms with van der Waals surface area (Å²) in [4.78, 5) is 11.6. The molecule has 0 radical (unpaired) electrons.